The normalized spacial score (nSPS) is 13.6. The Labute approximate surface area is 109 Å². The molecule has 0 aliphatic heterocycles. The van der Waals surface area contributed by atoms with Crippen LogP contribution in [0.5, 0.6) is 0 Å². The summed E-state index contributed by atoms with van der Waals surface area (Å²) in [6.45, 7) is 4.07. The molecule has 0 saturated heterocycles. The van der Waals surface area contributed by atoms with Gasteiger partial charge in [0.05, 0.1) is 13.2 Å². The van der Waals surface area contributed by atoms with Crippen molar-refractivity contribution in [1.29, 1.82) is 0 Å². The Balaban J connectivity index is 2.95. The highest BCUT2D eigenvalue weighted by Gasteiger charge is 2.33. The van der Waals surface area contributed by atoms with Crippen molar-refractivity contribution in [2.45, 2.75) is 19.6 Å². The zero-order valence-corrected chi connectivity index (χ0v) is 12.3. The predicted octanol–water partition coefficient (Wildman–Crippen LogP) is 3.07. The third-order valence-electron chi connectivity index (χ3n) is 2.05. The van der Waals surface area contributed by atoms with Crippen LogP contribution in [0.1, 0.15) is 25.2 Å². The maximum absolute atomic E-state index is 12.4. The van der Waals surface area contributed by atoms with Crippen molar-refractivity contribution in [3.05, 3.63) is 28.5 Å². The SMILES string of the molecule is CCOP(=O)(OCC)[C@@H](N)c1ccc(Br)nc1. The van der Waals surface area contributed by atoms with Crippen LogP contribution in [0, 0.1) is 0 Å². The van der Waals surface area contributed by atoms with Gasteiger partial charge in [0.1, 0.15) is 10.4 Å². The third-order valence-corrected chi connectivity index (χ3v) is 4.74. The number of nitrogens with zero attached hydrogens (tertiary/aromatic N) is 1. The van der Waals surface area contributed by atoms with Gasteiger partial charge in [-0.15, -0.1) is 0 Å². The van der Waals surface area contributed by atoms with Crippen molar-refractivity contribution < 1.29 is 13.6 Å². The second kappa shape index (κ2) is 6.61. The molecule has 1 aromatic heterocycles. The van der Waals surface area contributed by atoms with Gasteiger partial charge in [0.2, 0.25) is 0 Å². The van der Waals surface area contributed by atoms with Gasteiger partial charge < -0.3 is 14.8 Å². The molecular weight excluding hydrogens is 307 g/mol. The fourth-order valence-corrected chi connectivity index (χ4v) is 3.17. The topological polar surface area (TPSA) is 74.4 Å². The highest BCUT2D eigenvalue weighted by molar-refractivity contribution is 9.10. The number of rotatable bonds is 6. The summed E-state index contributed by atoms with van der Waals surface area (Å²) in [4.78, 5) is 4.04. The third kappa shape index (κ3) is 3.86. The van der Waals surface area contributed by atoms with Gasteiger partial charge in [-0.05, 0) is 41.4 Å². The Bertz CT molecular complexity index is 389. The van der Waals surface area contributed by atoms with Crippen molar-refractivity contribution in [2.24, 2.45) is 5.73 Å². The largest absolute Gasteiger partial charge is 0.351 e. The minimum Gasteiger partial charge on any atom is -0.314 e. The van der Waals surface area contributed by atoms with Gasteiger partial charge in [-0.25, -0.2) is 4.98 Å². The average Bonchev–Trinajstić information content (AvgIpc) is 2.30. The second-order valence-electron chi connectivity index (χ2n) is 3.23. The van der Waals surface area contributed by atoms with E-state index in [0.29, 0.717) is 10.2 Å². The van der Waals surface area contributed by atoms with Crippen LogP contribution in [0.3, 0.4) is 0 Å². The van der Waals surface area contributed by atoms with E-state index in [1.807, 2.05) is 0 Å². The van der Waals surface area contributed by atoms with Crippen molar-refractivity contribution in [1.82, 2.24) is 4.98 Å². The number of nitrogens with two attached hydrogens (primary N) is 1. The molecule has 17 heavy (non-hydrogen) atoms. The van der Waals surface area contributed by atoms with E-state index in [1.54, 1.807) is 32.2 Å². The van der Waals surface area contributed by atoms with Crippen LogP contribution in [-0.2, 0) is 13.6 Å². The molecule has 5 nitrogen and oxygen atoms in total. The summed E-state index contributed by atoms with van der Waals surface area (Å²) in [7, 11) is -3.32. The first-order valence-corrected chi connectivity index (χ1v) is 7.69. The number of hydrogen-bond acceptors (Lipinski definition) is 5. The van der Waals surface area contributed by atoms with Gasteiger partial charge in [0, 0.05) is 6.20 Å². The lowest BCUT2D eigenvalue weighted by Gasteiger charge is -2.23. The molecule has 0 aromatic carbocycles. The molecule has 1 rings (SSSR count). The van der Waals surface area contributed by atoms with E-state index in [2.05, 4.69) is 20.9 Å². The van der Waals surface area contributed by atoms with E-state index in [0.717, 1.165) is 0 Å². The highest BCUT2D eigenvalue weighted by atomic mass is 79.9. The monoisotopic (exact) mass is 322 g/mol. The summed E-state index contributed by atoms with van der Waals surface area (Å²) in [6.07, 6.45) is 1.56. The molecule has 96 valence electrons. The minimum atomic E-state index is -3.32. The fraction of sp³-hybridized carbons (Fsp3) is 0.500. The predicted molar refractivity (Wildman–Crippen MR) is 69.7 cm³/mol. The minimum absolute atomic E-state index is 0.287. The molecule has 1 atom stereocenters. The Kier molecular flexibility index (Phi) is 5.76. The number of hydrogen-bond donors (Lipinski definition) is 1. The van der Waals surface area contributed by atoms with E-state index in [4.69, 9.17) is 14.8 Å². The van der Waals surface area contributed by atoms with Crippen molar-refractivity contribution in [3.63, 3.8) is 0 Å². The van der Waals surface area contributed by atoms with E-state index in [-0.39, 0.29) is 13.2 Å². The highest BCUT2D eigenvalue weighted by Crippen LogP contribution is 2.58. The Hall–Kier alpha value is -0.260. The Morgan fingerprint density at radius 3 is 2.41 bits per heavy atom. The summed E-state index contributed by atoms with van der Waals surface area (Å²) < 4.78 is 23.5. The standard InChI is InChI=1S/C10H16BrN2O3P/c1-3-15-17(14,16-4-2)10(12)8-5-6-9(11)13-7-8/h5-7,10H,3-4,12H2,1-2H3/t10-/m1/s1. The molecule has 0 bridgehead atoms. The first kappa shape index (κ1) is 14.8. The van der Waals surface area contributed by atoms with Crippen LogP contribution in [0.25, 0.3) is 0 Å². The quantitative estimate of drug-likeness (QED) is 0.643. The van der Waals surface area contributed by atoms with Crippen LogP contribution in [0.2, 0.25) is 0 Å². The van der Waals surface area contributed by atoms with Crippen LogP contribution in [-0.4, -0.2) is 18.2 Å². The van der Waals surface area contributed by atoms with Gasteiger partial charge in [0.15, 0.2) is 0 Å². The molecule has 0 aliphatic rings. The zero-order chi connectivity index (χ0) is 12.9. The van der Waals surface area contributed by atoms with Crippen LogP contribution in [0.15, 0.2) is 22.9 Å². The van der Waals surface area contributed by atoms with E-state index >= 15 is 0 Å². The summed E-state index contributed by atoms with van der Waals surface area (Å²) in [5, 5.41) is 0. The fourth-order valence-electron chi connectivity index (χ4n) is 1.30. The summed E-state index contributed by atoms with van der Waals surface area (Å²) in [5.74, 6) is -0.817. The zero-order valence-electron chi connectivity index (χ0n) is 9.80. The first-order valence-electron chi connectivity index (χ1n) is 5.29. The maximum atomic E-state index is 12.4. The maximum Gasteiger partial charge on any atom is 0.351 e. The average molecular weight is 323 g/mol. The smallest absolute Gasteiger partial charge is 0.314 e. The molecule has 0 radical (unpaired) electrons. The van der Waals surface area contributed by atoms with Crippen molar-refractivity contribution in [2.75, 3.05) is 13.2 Å². The van der Waals surface area contributed by atoms with Gasteiger partial charge in [-0.3, -0.25) is 4.57 Å². The molecule has 0 spiro atoms. The molecule has 7 heteroatoms. The second-order valence-corrected chi connectivity index (χ2v) is 6.20. The molecule has 0 saturated carbocycles. The van der Waals surface area contributed by atoms with E-state index < -0.39 is 13.4 Å². The van der Waals surface area contributed by atoms with E-state index in [9.17, 15) is 4.57 Å². The lowest BCUT2D eigenvalue weighted by molar-refractivity contribution is 0.212. The lowest BCUT2D eigenvalue weighted by Crippen LogP contribution is -2.15. The lowest BCUT2D eigenvalue weighted by atomic mass is 10.3. The van der Waals surface area contributed by atoms with Gasteiger partial charge in [-0.2, -0.15) is 0 Å². The van der Waals surface area contributed by atoms with Gasteiger partial charge in [-0.1, -0.05) is 6.07 Å². The Morgan fingerprint density at radius 1 is 1.41 bits per heavy atom. The molecule has 0 fully saturated rings. The number of pyridine rings is 1. The van der Waals surface area contributed by atoms with Crippen LogP contribution >= 0.6 is 23.5 Å². The van der Waals surface area contributed by atoms with Crippen LogP contribution in [0.4, 0.5) is 0 Å². The Morgan fingerprint density at radius 2 is 2.00 bits per heavy atom. The molecule has 2 N–H and O–H groups in total. The number of aromatic nitrogens is 1. The molecule has 1 heterocycles. The molecule has 0 amide bonds. The summed E-state index contributed by atoms with van der Waals surface area (Å²) in [6, 6.07) is 3.48. The molecular formula is C10H16BrN2O3P. The summed E-state index contributed by atoms with van der Waals surface area (Å²) >= 11 is 3.22. The summed E-state index contributed by atoms with van der Waals surface area (Å²) in [5.41, 5.74) is 6.55. The van der Waals surface area contributed by atoms with E-state index in [1.165, 1.54) is 0 Å². The van der Waals surface area contributed by atoms with Crippen molar-refractivity contribution in [3.8, 4) is 0 Å². The first-order chi connectivity index (χ1) is 8.03. The molecule has 1 aromatic rings. The van der Waals surface area contributed by atoms with Crippen LogP contribution < -0.4 is 5.73 Å². The molecule has 0 unspecified atom stereocenters. The van der Waals surface area contributed by atoms with Gasteiger partial charge in [0.25, 0.3) is 0 Å². The van der Waals surface area contributed by atoms with Gasteiger partial charge >= 0.3 is 7.60 Å². The van der Waals surface area contributed by atoms with Crippen molar-refractivity contribution >= 4 is 23.5 Å². The number of halogens is 1. The molecule has 0 aliphatic carbocycles.